The van der Waals surface area contributed by atoms with Crippen LogP contribution in [0, 0.1) is 10.1 Å². The lowest BCUT2D eigenvalue weighted by Crippen LogP contribution is -2.30. The van der Waals surface area contributed by atoms with E-state index in [-0.39, 0.29) is 17.7 Å². The number of nitrogens with one attached hydrogen (secondary N) is 1. The molecule has 1 amide bonds. The topological polar surface area (TPSA) is 110 Å². The quantitative estimate of drug-likeness (QED) is 0.629. The van der Waals surface area contributed by atoms with Gasteiger partial charge in [-0.3, -0.25) is 19.7 Å². The predicted octanol–water partition coefficient (Wildman–Crippen LogP) is 2.54. The second kappa shape index (κ2) is 7.17. The molecule has 0 fully saturated rings. The Morgan fingerprint density at radius 2 is 1.70 bits per heavy atom. The highest BCUT2D eigenvalue weighted by Gasteiger charge is 2.23. The second-order valence-electron chi connectivity index (χ2n) is 4.81. The summed E-state index contributed by atoms with van der Waals surface area (Å²) in [5, 5.41) is 22.6. The first kappa shape index (κ1) is 16.2. The maximum absolute atomic E-state index is 12.3. The summed E-state index contributed by atoms with van der Waals surface area (Å²) >= 11 is 0. The van der Waals surface area contributed by atoms with E-state index >= 15 is 0 Å². The molecule has 0 aliphatic carbocycles. The van der Waals surface area contributed by atoms with Crippen molar-refractivity contribution >= 4 is 17.6 Å². The van der Waals surface area contributed by atoms with Gasteiger partial charge in [-0.25, -0.2) is 0 Å². The van der Waals surface area contributed by atoms with Crippen LogP contribution in [-0.2, 0) is 4.79 Å². The molecule has 0 saturated heterocycles. The van der Waals surface area contributed by atoms with E-state index in [1.165, 1.54) is 24.3 Å². The Hall–Kier alpha value is -3.22. The summed E-state index contributed by atoms with van der Waals surface area (Å²) in [6.07, 6.45) is -0.323. The minimum Gasteiger partial charge on any atom is -0.481 e. The number of nitrogens with zero attached hydrogens (tertiary/aromatic N) is 1. The van der Waals surface area contributed by atoms with Gasteiger partial charge in [-0.05, 0) is 11.6 Å². The fraction of sp³-hybridized carbons (Fsp3) is 0.125. The molecule has 2 rings (SSSR count). The molecule has 2 N–H and O–H groups in total. The number of nitro benzene ring substituents is 1. The van der Waals surface area contributed by atoms with Gasteiger partial charge in [-0.1, -0.05) is 42.5 Å². The number of carboxylic acid groups (broad SMARTS) is 1. The summed E-state index contributed by atoms with van der Waals surface area (Å²) < 4.78 is 0. The molecule has 2 aromatic carbocycles. The fourth-order valence-corrected chi connectivity index (χ4v) is 2.17. The molecule has 0 radical (unpaired) electrons. The summed E-state index contributed by atoms with van der Waals surface area (Å²) in [6.45, 7) is 0. The Kier molecular flexibility index (Phi) is 5.03. The van der Waals surface area contributed by atoms with Crippen LogP contribution in [0.2, 0.25) is 0 Å². The second-order valence-corrected chi connectivity index (χ2v) is 4.81. The maximum Gasteiger partial charge on any atom is 0.305 e. The molecule has 23 heavy (non-hydrogen) atoms. The van der Waals surface area contributed by atoms with Crippen molar-refractivity contribution in [3.8, 4) is 0 Å². The van der Waals surface area contributed by atoms with Crippen LogP contribution in [0.15, 0.2) is 54.6 Å². The molecule has 7 heteroatoms. The van der Waals surface area contributed by atoms with Crippen LogP contribution in [0.3, 0.4) is 0 Å². The van der Waals surface area contributed by atoms with Crippen molar-refractivity contribution in [3.05, 3.63) is 75.8 Å². The summed E-state index contributed by atoms with van der Waals surface area (Å²) in [4.78, 5) is 33.7. The predicted molar refractivity (Wildman–Crippen MR) is 82.0 cm³/mol. The number of para-hydroxylation sites is 1. The van der Waals surface area contributed by atoms with Gasteiger partial charge in [-0.2, -0.15) is 0 Å². The van der Waals surface area contributed by atoms with Crippen molar-refractivity contribution in [2.24, 2.45) is 0 Å². The molecular weight excluding hydrogens is 300 g/mol. The van der Waals surface area contributed by atoms with Gasteiger partial charge in [0.2, 0.25) is 0 Å². The van der Waals surface area contributed by atoms with Gasteiger partial charge in [0.05, 0.1) is 17.4 Å². The molecule has 0 bridgehead atoms. The normalized spacial score (nSPS) is 11.5. The Labute approximate surface area is 131 Å². The number of carboxylic acids is 1. The van der Waals surface area contributed by atoms with Crippen LogP contribution in [0.4, 0.5) is 5.69 Å². The monoisotopic (exact) mass is 314 g/mol. The van der Waals surface area contributed by atoms with Crippen LogP contribution in [0.1, 0.15) is 28.4 Å². The fourth-order valence-electron chi connectivity index (χ4n) is 2.17. The molecule has 0 aliphatic rings. The van der Waals surface area contributed by atoms with E-state index in [0.29, 0.717) is 5.56 Å². The molecule has 1 unspecified atom stereocenters. The molecule has 118 valence electrons. The van der Waals surface area contributed by atoms with Gasteiger partial charge >= 0.3 is 5.97 Å². The first-order chi connectivity index (χ1) is 11.0. The molecule has 7 nitrogen and oxygen atoms in total. The lowest BCUT2D eigenvalue weighted by molar-refractivity contribution is -0.385. The number of amides is 1. The van der Waals surface area contributed by atoms with Crippen LogP contribution >= 0.6 is 0 Å². The van der Waals surface area contributed by atoms with Gasteiger partial charge in [0.25, 0.3) is 11.6 Å². The summed E-state index contributed by atoms with van der Waals surface area (Å²) in [6, 6.07) is 13.3. The molecule has 0 spiro atoms. The molecule has 1 atom stereocenters. The van der Waals surface area contributed by atoms with Crippen molar-refractivity contribution in [1.82, 2.24) is 5.32 Å². The Morgan fingerprint density at radius 1 is 1.09 bits per heavy atom. The van der Waals surface area contributed by atoms with Crippen LogP contribution in [-0.4, -0.2) is 21.9 Å². The first-order valence-electron chi connectivity index (χ1n) is 6.80. The number of hydrogen-bond acceptors (Lipinski definition) is 4. The first-order valence-corrected chi connectivity index (χ1v) is 6.80. The number of carbonyl (C=O) groups is 2. The lowest BCUT2D eigenvalue weighted by atomic mass is 10.0. The highest BCUT2D eigenvalue weighted by atomic mass is 16.6. The van der Waals surface area contributed by atoms with Gasteiger partial charge < -0.3 is 10.4 Å². The van der Waals surface area contributed by atoms with E-state index in [2.05, 4.69) is 5.32 Å². The van der Waals surface area contributed by atoms with Gasteiger partial charge in [0, 0.05) is 6.07 Å². The Bertz CT molecular complexity index is 730. The largest absolute Gasteiger partial charge is 0.481 e. The third-order valence-corrected chi connectivity index (χ3v) is 3.23. The molecule has 0 saturated carbocycles. The van der Waals surface area contributed by atoms with Gasteiger partial charge in [-0.15, -0.1) is 0 Å². The summed E-state index contributed by atoms with van der Waals surface area (Å²) in [5.74, 6) is -1.77. The van der Waals surface area contributed by atoms with E-state index in [1.807, 2.05) is 0 Å². The van der Waals surface area contributed by atoms with Crippen molar-refractivity contribution < 1.29 is 19.6 Å². The maximum atomic E-state index is 12.3. The average molecular weight is 314 g/mol. The summed E-state index contributed by atoms with van der Waals surface area (Å²) in [5.41, 5.74) is 0.179. The van der Waals surface area contributed by atoms with Crippen molar-refractivity contribution in [3.63, 3.8) is 0 Å². The third kappa shape index (κ3) is 4.13. The highest BCUT2D eigenvalue weighted by molar-refractivity contribution is 5.98. The van der Waals surface area contributed by atoms with Crippen LogP contribution in [0.25, 0.3) is 0 Å². The average Bonchev–Trinajstić information content (AvgIpc) is 2.54. The molecular formula is C16H14N2O5. The minimum absolute atomic E-state index is 0.108. The van der Waals surface area contributed by atoms with E-state index in [4.69, 9.17) is 5.11 Å². The zero-order valence-corrected chi connectivity index (χ0v) is 12.0. The SMILES string of the molecule is O=C(O)CC(NC(=O)c1ccccc1[N+](=O)[O-])c1ccccc1. The van der Waals surface area contributed by atoms with E-state index in [1.54, 1.807) is 30.3 Å². The molecule has 0 aliphatic heterocycles. The Balaban J connectivity index is 2.28. The number of carbonyl (C=O) groups excluding carboxylic acids is 1. The Morgan fingerprint density at radius 3 is 2.30 bits per heavy atom. The molecule has 0 aromatic heterocycles. The van der Waals surface area contributed by atoms with E-state index in [0.717, 1.165) is 0 Å². The smallest absolute Gasteiger partial charge is 0.305 e. The van der Waals surface area contributed by atoms with Gasteiger partial charge in [0.15, 0.2) is 0 Å². The number of rotatable bonds is 6. The van der Waals surface area contributed by atoms with E-state index < -0.39 is 22.8 Å². The van der Waals surface area contributed by atoms with Gasteiger partial charge in [0.1, 0.15) is 5.56 Å². The standard InChI is InChI=1S/C16H14N2O5/c19-15(20)10-13(11-6-2-1-3-7-11)17-16(21)12-8-4-5-9-14(12)18(22)23/h1-9,13H,10H2,(H,17,21)(H,19,20). The summed E-state index contributed by atoms with van der Waals surface area (Å²) in [7, 11) is 0. The third-order valence-electron chi connectivity index (χ3n) is 3.23. The van der Waals surface area contributed by atoms with Crippen molar-refractivity contribution in [1.29, 1.82) is 0 Å². The highest BCUT2D eigenvalue weighted by Crippen LogP contribution is 2.21. The number of benzene rings is 2. The zero-order chi connectivity index (χ0) is 16.8. The number of aliphatic carboxylic acids is 1. The minimum atomic E-state index is -1.08. The molecule has 0 heterocycles. The zero-order valence-electron chi connectivity index (χ0n) is 12.0. The van der Waals surface area contributed by atoms with Crippen LogP contribution in [0.5, 0.6) is 0 Å². The van der Waals surface area contributed by atoms with Crippen molar-refractivity contribution in [2.45, 2.75) is 12.5 Å². The van der Waals surface area contributed by atoms with Crippen LogP contribution < -0.4 is 5.32 Å². The lowest BCUT2D eigenvalue weighted by Gasteiger charge is -2.17. The van der Waals surface area contributed by atoms with Crippen molar-refractivity contribution in [2.75, 3.05) is 0 Å². The number of nitro groups is 1. The van der Waals surface area contributed by atoms with E-state index in [9.17, 15) is 19.7 Å². The molecule has 2 aromatic rings. The number of hydrogen-bond donors (Lipinski definition) is 2.